The molecule has 0 fully saturated rings. The zero-order valence-corrected chi connectivity index (χ0v) is 17.0. The molecule has 30 heavy (non-hydrogen) atoms. The van der Waals surface area contributed by atoms with Gasteiger partial charge in [-0.05, 0) is 54.1 Å². The smallest absolute Gasteiger partial charge is 0.269 e. The quantitative estimate of drug-likeness (QED) is 0.211. The van der Waals surface area contributed by atoms with Gasteiger partial charge in [0.1, 0.15) is 5.82 Å². The lowest BCUT2D eigenvalue weighted by atomic mass is 10.2. The van der Waals surface area contributed by atoms with E-state index >= 15 is 0 Å². The SMILES string of the molecule is O=[N+]([O-])c1cccc(CSc2nnc(-c3ccc(Cl)cc3)n2-c2ccc(F)cc2)c1. The molecule has 0 saturated carbocycles. The van der Waals surface area contributed by atoms with Crippen molar-refractivity contribution in [2.24, 2.45) is 0 Å². The van der Waals surface area contributed by atoms with E-state index in [0.717, 1.165) is 11.1 Å². The van der Waals surface area contributed by atoms with Crippen molar-refractivity contribution < 1.29 is 9.31 Å². The topological polar surface area (TPSA) is 73.8 Å². The second kappa shape index (κ2) is 8.64. The summed E-state index contributed by atoms with van der Waals surface area (Å²) in [5.74, 6) is 0.701. The maximum atomic E-state index is 13.5. The molecular weight excluding hydrogens is 427 g/mol. The van der Waals surface area contributed by atoms with E-state index in [1.54, 1.807) is 30.3 Å². The first-order valence-corrected chi connectivity index (χ1v) is 10.2. The zero-order valence-electron chi connectivity index (χ0n) is 15.4. The maximum Gasteiger partial charge on any atom is 0.269 e. The summed E-state index contributed by atoms with van der Waals surface area (Å²) in [6.07, 6.45) is 0. The second-order valence-electron chi connectivity index (χ2n) is 6.34. The molecule has 0 amide bonds. The molecule has 0 N–H and O–H groups in total. The number of benzene rings is 3. The highest BCUT2D eigenvalue weighted by Crippen LogP contribution is 2.31. The Morgan fingerprint density at radius 3 is 2.47 bits per heavy atom. The van der Waals surface area contributed by atoms with Crippen LogP contribution in [-0.2, 0) is 5.75 Å². The lowest BCUT2D eigenvalue weighted by molar-refractivity contribution is -0.384. The van der Waals surface area contributed by atoms with Gasteiger partial charge in [0.25, 0.3) is 5.69 Å². The number of nitro groups is 1. The van der Waals surface area contributed by atoms with Crippen LogP contribution in [0, 0.1) is 15.9 Å². The van der Waals surface area contributed by atoms with Crippen molar-refractivity contribution in [2.45, 2.75) is 10.9 Å². The highest BCUT2D eigenvalue weighted by Gasteiger charge is 2.17. The van der Waals surface area contributed by atoms with Gasteiger partial charge < -0.3 is 0 Å². The van der Waals surface area contributed by atoms with Gasteiger partial charge in [0.2, 0.25) is 0 Å². The number of rotatable bonds is 6. The molecule has 0 unspecified atom stereocenters. The molecule has 0 aliphatic heterocycles. The Labute approximate surface area is 180 Å². The minimum absolute atomic E-state index is 0.0370. The molecule has 0 radical (unpaired) electrons. The molecule has 1 heterocycles. The van der Waals surface area contributed by atoms with Crippen LogP contribution < -0.4 is 0 Å². The minimum atomic E-state index is -0.423. The summed E-state index contributed by atoms with van der Waals surface area (Å²) in [6, 6.07) is 19.7. The van der Waals surface area contributed by atoms with Crippen molar-refractivity contribution in [3.63, 3.8) is 0 Å². The van der Waals surface area contributed by atoms with Gasteiger partial charge in [-0.2, -0.15) is 0 Å². The number of thioether (sulfide) groups is 1. The van der Waals surface area contributed by atoms with Crippen molar-refractivity contribution in [3.05, 3.63) is 99.3 Å². The number of hydrogen-bond donors (Lipinski definition) is 0. The number of nitro benzene ring substituents is 1. The summed E-state index contributed by atoms with van der Waals surface area (Å²) < 4.78 is 15.3. The Morgan fingerprint density at radius 1 is 1.03 bits per heavy atom. The van der Waals surface area contributed by atoms with Gasteiger partial charge >= 0.3 is 0 Å². The van der Waals surface area contributed by atoms with E-state index in [1.165, 1.54) is 36.0 Å². The van der Waals surface area contributed by atoms with Gasteiger partial charge in [0.05, 0.1) is 4.92 Å². The van der Waals surface area contributed by atoms with Crippen molar-refractivity contribution in [3.8, 4) is 17.1 Å². The maximum absolute atomic E-state index is 13.5. The van der Waals surface area contributed by atoms with E-state index in [1.807, 2.05) is 22.8 Å². The van der Waals surface area contributed by atoms with Crippen LogP contribution in [0.15, 0.2) is 78.0 Å². The van der Waals surface area contributed by atoms with Crippen LogP contribution >= 0.6 is 23.4 Å². The highest BCUT2D eigenvalue weighted by atomic mass is 35.5. The Bertz CT molecular complexity index is 1200. The predicted octanol–water partition coefficient (Wildman–Crippen LogP) is 5.93. The van der Waals surface area contributed by atoms with Crippen LogP contribution in [0.2, 0.25) is 5.02 Å². The van der Waals surface area contributed by atoms with Crippen LogP contribution in [0.1, 0.15) is 5.56 Å². The minimum Gasteiger partial charge on any atom is -0.270 e. The van der Waals surface area contributed by atoms with Gasteiger partial charge in [-0.1, -0.05) is 35.5 Å². The average Bonchev–Trinajstić information content (AvgIpc) is 3.17. The largest absolute Gasteiger partial charge is 0.270 e. The Morgan fingerprint density at radius 2 is 1.77 bits per heavy atom. The van der Waals surface area contributed by atoms with E-state index in [9.17, 15) is 14.5 Å². The van der Waals surface area contributed by atoms with Crippen molar-refractivity contribution >= 4 is 29.1 Å². The molecule has 150 valence electrons. The van der Waals surface area contributed by atoms with Crippen LogP contribution in [-0.4, -0.2) is 19.7 Å². The standard InChI is InChI=1S/C21H14ClFN4O2S/c22-16-6-4-15(5-7-16)20-24-25-21(26(20)18-10-8-17(23)9-11-18)30-13-14-2-1-3-19(12-14)27(28)29/h1-12H,13H2. The van der Waals surface area contributed by atoms with E-state index in [0.29, 0.717) is 27.4 Å². The molecule has 3 aromatic carbocycles. The van der Waals surface area contributed by atoms with E-state index in [-0.39, 0.29) is 11.5 Å². The number of halogens is 2. The van der Waals surface area contributed by atoms with E-state index in [4.69, 9.17) is 11.6 Å². The van der Waals surface area contributed by atoms with Gasteiger partial charge in [-0.15, -0.1) is 10.2 Å². The van der Waals surface area contributed by atoms with Crippen LogP contribution in [0.4, 0.5) is 10.1 Å². The molecule has 0 aliphatic carbocycles. The molecule has 0 aliphatic rings. The molecule has 0 saturated heterocycles. The first kappa shape index (κ1) is 20.1. The monoisotopic (exact) mass is 440 g/mol. The van der Waals surface area contributed by atoms with E-state index in [2.05, 4.69) is 10.2 Å². The molecule has 0 spiro atoms. The number of aromatic nitrogens is 3. The average molecular weight is 441 g/mol. The first-order valence-electron chi connectivity index (χ1n) is 8.85. The summed E-state index contributed by atoms with van der Waals surface area (Å²) in [6.45, 7) is 0. The highest BCUT2D eigenvalue weighted by molar-refractivity contribution is 7.98. The third kappa shape index (κ3) is 4.34. The van der Waals surface area contributed by atoms with Gasteiger partial charge in [-0.3, -0.25) is 14.7 Å². The third-order valence-electron chi connectivity index (χ3n) is 4.31. The molecule has 1 aromatic heterocycles. The molecular formula is C21H14ClFN4O2S. The fraction of sp³-hybridized carbons (Fsp3) is 0.0476. The van der Waals surface area contributed by atoms with Gasteiger partial charge in [0.15, 0.2) is 11.0 Å². The summed E-state index contributed by atoms with van der Waals surface area (Å²) in [5, 5.41) is 20.8. The number of non-ortho nitro benzene ring substituents is 1. The number of nitrogens with zero attached hydrogens (tertiary/aromatic N) is 4. The molecule has 4 rings (SSSR count). The zero-order chi connectivity index (χ0) is 21.1. The van der Waals surface area contributed by atoms with E-state index < -0.39 is 4.92 Å². The van der Waals surface area contributed by atoms with Gasteiger partial charge in [0, 0.05) is 34.2 Å². The Kier molecular flexibility index (Phi) is 5.78. The molecule has 9 heteroatoms. The summed E-state index contributed by atoms with van der Waals surface area (Å²) in [4.78, 5) is 10.6. The Balaban J connectivity index is 1.70. The molecule has 4 aromatic rings. The fourth-order valence-electron chi connectivity index (χ4n) is 2.88. The third-order valence-corrected chi connectivity index (χ3v) is 5.56. The molecule has 6 nitrogen and oxygen atoms in total. The predicted molar refractivity (Wildman–Crippen MR) is 114 cm³/mol. The summed E-state index contributed by atoms with van der Waals surface area (Å²) in [5.41, 5.74) is 2.33. The van der Waals surface area contributed by atoms with Crippen LogP contribution in [0.3, 0.4) is 0 Å². The fourth-order valence-corrected chi connectivity index (χ4v) is 3.90. The number of hydrogen-bond acceptors (Lipinski definition) is 5. The van der Waals surface area contributed by atoms with Crippen molar-refractivity contribution in [2.75, 3.05) is 0 Å². The van der Waals surface area contributed by atoms with Crippen molar-refractivity contribution in [1.29, 1.82) is 0 Å². The first-order chi connectivity index (χ1) is 14.5. The van der Waals surface area contributed by atoms with Crippen LogP contribution in [0.25, 0.3) is 17.1 Å². The lowest BCUT2D eigenvalue weighted by Gasteiger charge is -2.10. The summed E-state index contributed by atoms with van der Waals surface area (Å²) in [7, 11) is 0. The molecule has 0 atom stereocenters. The molecule has 0 bridgehead atoms. The van der Waals surface area contributed by atoms with Crippen molar-refractivity contribution in [1.82, 2.24) is 14.8 Å². The summed E-state index contributed by atoms with van der Waals surface area (Å²) >= 11 is 7.38. The Hall–Kier alpha value is -3.23. The second-order valence-corrected chi connectivity index (χ2v) is 7.72. The normalized spacial score (nSPS) is 10.9. The lowest BCUT2D eigenvalue weighted by Crippen LogP contribution is -2.00. The van der Waals surface area contributed by atoms with Crippen LogP contribution in [0.5, 0.6) is 0 Å². The van der Waals surface area contributed by atoms with Gasteiger partial charge in [-0.25, -0.2) is 4.39 Å².